The Bertz CT molecular complexity index is 399. The predicted molar refractivity (Wildman–Crippen MR) is 59.9 cm³/mol. The lowest BCUT2D eigenvalue weighted by Gasteiger charge is -2.06. The van der Waals surface area contributed by atoms with Gasteiger partial charge >= 0.3 is 0 Å². The molecule has 7 heteroatoms. The van der Waals surface area contributed by atoms with Crippen LogP contribution < -0.4 is 29.3 Å². The van der Waals surface area contributed by atoms with Gasteiger partial charge < -0.3 is 29.3 Å². The van der Waals surface area contributed by atoms with Gasteiger partial charge in [-0.1, -0.05) is 0 Å². The highest BCUT2D eigenvalue weighted by atomic mass is 127. The molecule has 1 aliphatic rings. The highest BCUT2D eigenvalue weighted by Gasteiger charge is 2.16. The smallest absolute Gasteiger partial charge is 0.215 e. The van der Waals surface area contributed by atoms with E-state index in [9.17, 15) is 0 Å². The van der Waals surface area contributed by atoms with Gasteiger partial charge in [0.05, 0.1) is 17.3 Å². The second-order valence-corrected chi connectivity index (χ2v) is 4.29. The Morgan fingerprint density at radius 3 is 3.00 bits per heavy atom. The van der Waals surface area contributed by atoms with Crippen LogP contribution >= 0.6 is 23.5 Å². The first-order chi connectivity index (χ1) is 6.81. The molecule has 0 fully saturated rings. The molecule has 0 saturated carbocycles. The zero-order valence-electron chi connectivity index (χ0n) is 8.40. The summed E-state index contributed by atoms with van der Waals surface area (Å²) in [4.78, 5) is 0. The van der Waals surface area contributed by atoms with E-state index in [0.717, 1.165) is 23.0 Å². The minimum atomic E-state index is 0. The number of nitrogens with one attached hydrogen (secondary N) is 1. The zero-order chi connectivity index (χ0) is 9.97. The van der Waals surface area contributed by atoms with Crippen molar-refractivity contribution in [2.24, 2.45) is 0 Å². The van der Waals surface area contributed by atoms with Gasteiger partial charge in [0.15, 0.2) is 6.21 Å². The monoisotopic (exact) mass is 354 g/mol. The lowest BCUT2D eigenvalue weighted by atomic mass is 10.2. The molecule has 0 saturated heterocycles. The largest absolute Gasteiger partial charge is 1.00 e. The van der Waals surface area contributed by atoms with E-state index in [4.69, 9.17) is 0 Å². The second kappa shape index (κ2) is 5.80. The molecule has 82 valence electrons. The lowest BCUT2D eigenvalue weighted by molar-refractivity contribution is -0.496. The fourth-order valence-electron chi connectivity index (χ4n) is 1.24. The van der Waals surface area contributed by atoms with E-state index in [-0.39, 0.29) is 24.0 Å². The highest BCUT2D eigenvalue weighted by Crippen LogP contribution is 2.23. The van der Waals surface area contributed by atoms with Crippen LogP contribution in [0.1, 0.15) is 5.69 Å². The van der Waals surface area contributed by atoms with E-state index in [1.807, 2.05) is 19.5 Å². The van der Waals surface area contributed by atoms with Gasteiger partial charge in [-0.25, -0.2) is 4.58 Å². The van der Waals surface area contributed by atoms with Gasteiger partial charge in [-0.3, -0.25) is 0 Å². The molecule has 0 bridgehead atoms. The topological polar surface area (TPSA) is 40.8 Å². The average Bonchev–Trinajstić information content (AvgIpc) is 2.65. The van der Waals surface area contributed by atoms with Crippen LogP contribution in [0.3, 0.4) is 0 Å². The maximum Gasteiger partial charge on any atom is 0.215 e. The minimum absolute atomic E-state index is 0. The summed E-state index contributed by atoms with van der Waals surface area (Å²) in [5.41, 5.74) is 2.07. The number of halogens is 1. The molecule has 1 N–H and O–H groups in total. The summed E-state index contributed by atoms with van der Waals surface area (Å²) in [5.74, 6) is 0. The van der Waals surface area contributed by atoms with Crippen molar-refractivity contribution in [3.05, 3.63) is 11.9 Å². The third-order valence-corrected chi connectivity index (χ3v) is 3.20. The Labute approximate surface area is 114 Å². The molecule has 1 aromatic heterocycles. The molecule has 2 rings (SSSR count). The fourth-order valence-corrected chi connectivity index (χ4v) is 2.53. The molecule has 4 nitrogen and oxygen atoms in total. The minimum Gasteiger partial charge on any atom is -1.00 e. The van der Waals surface area contributed by atoms with Gasteiger partial charge in [0.2, 0.25) is 6.67 Å². The van der Waals surface area contributed by atoms with Crippen LogP contribution in [0.2, 0.25) is 0 Å². The summed E-state index contributed by atoms with van der Waals surface area (Å²) in [6.07, 6.45) is 6.07. The zero-order valence-corrected chi connectivity index (χ0v) is 12.2. The van der Waals surface area contributed by atoms with Crippen molar-refractivity contribution in [1.82, 2.24) is 14.1 Å². The molecule has 0 unspecified atom stereocenters. The number of nitrogens with zero attached hydrogens (tertiary/aromatic N) is 3. The van der Waals surface area contributed by atoms with Crippen LogP contribution in [0, 0.1) is 0 Å². The van der Waals surface area contributed by atoms with Gasteiger partial charge in [-0.05, 0) is 6.26 Å². The summed E-state index contributed by atoms with van der Waals surface area (Å²) in [7, 11) is 2.03. The summed E-state index contributed by atoms with van der Waals surface area (Å²) in [6, 6.07) is 0. The number of hydrogen-bond acceptors (Lipinski definition) is 5. The number of hydrogen-bond donors (Lipinski definition) is 1. The molecular formula is C8H11IN4S2. The van der Waals surface area contributed by atoms with Gasteiger partial charge in [-0.15, -0.1) is 11.8 Å². The fraction of sp³-hybridized carbons (Fsp3) is 0.375. The Hall–Kier alpha value is -0.150. The van der Waals surface area contributed by atoms with Crippen LogP contribution in [-0.4, -0.2) is 39.5 Å². The van der Waals surface area contributed by atoms with Crippen LogP contribution in [0.4, 0.5) is 0 Å². The molecular weight excluding hydrogens is 343 g/mol. The number of thioether (sulfide) groups is 1. The average molecular weight is 354 g/mol. The number of rotatable bonds is 2. The van der Waals surface area contributed by atoms with E-state index >= 15 is 0 Å². The predicted octanol–water partition coefficient (Wildman–Crippen LogP) is -2.12. The van der Waals surface area contributed by atoms with E-state index in [1.54, 1.807) is 11.8 Å². The van der Waals surface area contributed by atoms with E-state index in [2.05, 4.69) is 24.9 Å². The summed E-state index contributed by atoms with van der Waals surface area (Å²) in [6.45, 7) is 0.843. The Kier molecular flexibility index (Phi) is 5.00. The standard InChI is InChI=1S/C8H10N4S2.HI/c1-12-4-6(3-9-5-12)7-8(13-2)11-14-10-7;/h3-4H,5H2,1-2H3;1H. The van der Waals surface area contributed by atoms with Crippen molar-refractivity contribution in [2.75, 3.05) is 20.0 Å². The SMILES string of the molecule is CSc1nsnc1C1=CNC[N+](C)=C1.[I-]. The molecule has 1 aromatic rings. The van der Waals surface area contributed by atoms with Crippen molar-refractivity contribution in [3.63, 3.8) is 0 Å². The maximum absolute atomic E-state index is 4.29. The molecule has 0 amide bonds. The van der Waals surface area contributed by atoms with Crippen molar-refractivity contribution in [3.8, 4) is 0 Å². The van der Waals surface area contributed by atoms with Crippen molar-refractivity contribution in [2.45, 2.75) is 5.03 Å². The van der Waals surface area contributed by atoms with Crippen LogP contribution in [0.25, 0.3) is 5.57 Å². The van der Waals surface area contributed by atoms with Gasteiger partial charge in [0, 0.05) is 6.20 Å². The lowest BCUT2D eigenvalue weighted by Crippen LogP contribution is -3.00. The molecule has 2 heterocycles. The first-order valence-electron chi connectivity index (χ1n) is 4.17. The summed E-state index contributed by atoms with van der Waals surface area (Å²) < 4.78 is 10.6. The van der Waals surface area contributed by atoms with Crippen LogP contribution in [-0.2, 0) is 0 Å². The van der Waals surface area contributed by atoms with E-state index < -0.39 is 0 Å². The molecule has 0 aromatic carbocycles. The van der Waals surface area contributed by atoms with Gasteiger partial charge in [-0.2, -0.15) is 8.75 Å². The molecule has 0 aliphatic carbocycles. The maximum atomic E-state index is 4.29. The Balaban J connectivity index is 0.00000112. The first-order valence-corrected chi connectivity index (χ1v) is 6.12. The summed E-state index contributed by atoms with van der Waals surface area (Å²) in [5, 5.41) is 4.18. The Morgan fingerprint density at radius 1 is 1.53 bits per heavy atom. The van der Waals surface area contributed by atoms with Gasteiger partial charge in [0.1, 0.15) is 17.8 Å². The number of aromatic nitrogens is 2. The quantitative estimate of drug-likeness (QED) is 0.375. The van der Waals surface area contributed by atoms with Crippen molar-refractivity contribution >= 4 is 35.3 Å². The van der Waals surface area contributed by atoms with Gasteiger partial charge in [0.25, 0.3) is 0 Å². The molecule has 0 radical (unpaired) electrons. The van der Waals surface area contributed by atoms with Crippen molar-refractivity contribution in [1.29, 1.82) is 0 Å². The third kappa shape index (κ3) is 2.91. The normalized spacial score (nSPS) is 14.8. The molecule has 0 atom stereocenters. The second-order valence-electron chi connectivity index (χ2n) is 2.97. The third-order valence-electron chi connectivity index (χ3n) is 1.88. The van der Waals surface area contributed by atoms with E-state index in [0.29, 0.717) is 0 Å². The van der Waals surface area contributed by atoms with Crippen LogP contribution in [0.15, 0.2) is 11.2 Å². The molecule has 0 spiro atoms. The molecule has 1 aliphatic heterocycles. The van der Waals surface area contributed by atoms with E-state index in [1.165, 1.54) is 11.7 Å². The first kappa shape index (κ1) is 12.9. The Morgan fingerprint density at radius 2 is 2.33 bits per heavy atom. The molecule has 15 heavy (non-hydrogen) atoms. The number of allylic oxidation sites excluding steroid dienone is 1. The summed E-state index contributed by atoms with van der Waals surface area (Å²) >= 11 is 2.88. The van der Waals surface area contributed by atoms with Crippen LogP contribution in [0.5, 0.6) is 0 Å². The van der Waals surface area contributed by atoms with Crippen molar-refractivity contribution < 1.29 is 28.6 Å². The highest BCUT2D eigenvalue weighted by molar-refractivity contribution is 7.98.